The van der Waals surface area contributed by atoms with E-state index in [0.29, 0.717) is 0 Å². The fraction of sp³-hybridized carbons (Fsp3) is 0.600. The third kappa shape index (κ3) is 18.2. The van der Waals surface area contributed by atoms with Crippen molar-refractivity contribution in [1.29, 1.82) is 0 Å². The van der Waals surface area contributed by atoms with E-state index in [9.17, 15) is 9.59 Å². The Kier molecular flexibility index (Phi) is 17.8. The van der Waals surface area contributed by atoms with E-state index in [-0.39, 0.29) is 78.4 Å². The first-order valence-electron chi connectivity index (χ1n) is 2.56. The summed E-state index contributed by atoms with van der Waals surface area (Å²) in [6.07, 6.45) is 0.0866. The zero-order valence-corrected chi connectivity index (χ0v) is 10.8. The molecule has 0 aliphatic heterocycles. The number of hydrogen-bond donors (Lipinski definition) is 2. The second-order valence-electron chi connectivity index (χ2n) is 1.64. The predicted molar refractivity (Wildman–Crippen MR) is 40.6 cm³/mol. The molecule has 11 heavy (non-hydrogen) atoms. The molecule has 2 radical (unpaired) electrons. The van der Waals surface area contributed by atoms with Crippen LogP contribution in [0.15, 0.2) is 0 Å². The van der Waals surface area contributed by atoms with Gasteiger partial charge in [0.05, 0.1) is 0 Å². The molecular weight excluding hydrogens is 170 g/mol. The van der Waals surface area contributed by atoms with Gasteiger partial charge >= 0.3 is 11.9 Å². The van der Waals surface area contributed by atoms with Gasteiger partial charge in [-0.2, -0.15) is 0 Å². The average molecular weight is 178 g/mol. The molecule has 6 heteroatoms. The van der Waals surface area contributed by atoms with Gasteiger partial charge in [0, 0.05) is 72.0 Å². The zero-order chi connectivity index (χ0) is 7.28. The molecule has 0 bridgehead atoms. The fourth-order valence-corrected chi connectivity index (χ4v) is 0.391. The van der Waals surface area contributed by atoms with Crippen molar-refractivity contribution < 1.29 is 19.8 Å². The molecular formula is C5H8Na2O4. The van der Waals surface area contributed by atoms with Gasteiger partial charge in [-0.1, -0.05) is 0 Å². The largest absolute Gasteiger partial charge is 0.481 e. The van der Waals surface area contributed by atoms with E-state index >= 15 is 0 Å². The van der Waals surface area contributed by atoms with Crippen LogP contribution in [-0.4, -0.2) is 81.3 Å². The monoisotopic (exact) mass is 178 g/mol. The van der Waals surface area contributed by atoms with Crippen LogP contribution in [0.3, 0.4) is 0 Å². The summed E-state index contributed by atoms with van der Waals surface area (Å²) in [5.74, 6) is -1.90. The maximum absolute atomic E-state index is 9.79. The summed E-state index contributed by atoms with van der Waals surface area (Å²) < 4.78 is 0. The summed E-state index contributed by atoms with van der Waals surface area (Å²) >= 11 is 0. The van der Waals surface area contributed by atoms with Gasteiger partial charge in [-0.25, -0.2) is 0 Å². The SMILES string of the molecule is O=C(O)CCCC(=O)O.[Na].[Na]. The van der Waals surface area contributed by atoms with Crippen LogP contribution in [-0.2, 0) is 9.59 Å². The van der Waals surface area contributed by atoms with E-state index < -0.39 is 11.9 Å². The van der Waals surface area contributed by atoms with Gasteiger partial charge in [0.1, 0.15) is 0 Å². The van der Waals surface area contributed by atoms with E-state index in [1.165, 1.54) is 0 Å². The molecule has 0 heterocycles. The quantitative estimate of drug-likeness (QED) is 0.572. The minimum atomic E-state index is -0.948. The Balaban J connectivity index is -0.000000320. The minimum absolute atomic E-state index is 0. The van der Waals surface area contributed by atoms with Gasteiger partial charge in [0.2, 0.25) is 0 Å². The van der Waals surface area contributed by atoms with Crippen LogP contribution in [0.5, 0.6) is 0 Å². The third-order valence-corrected chi connectivity index (χ3v) is 0.781. The maximum Gasteiger partial charge on any atom is 0.303 e. The molecule has 0 spiro atoms. The van der Waals surface area contributed by atoms with Crippen LogP contribution in [0.1, 0.15) is 19.3 Å². The van der Waals surface area contributed by atoms with E-state index in [2.05, 4.69) is 0 Å². The summed E-state index contributed by atoms with van der Waals surface area (Å²) in [6.45, 7) is 0. The van der Waals surface area contributed by atoms with Crippen LogP contribution in [0.2, 0.25) is 0 Å². The van der Waals surface area contributed by atoms with E-state index in [1.54, 1.807) is 0 Å². The second-order valence-corrected chi connectivity index (χ2v) is 1.64. The van der Waals surface area contributed by atoms with Crippen molar-refractivity contribution in [3.63, 3.8) is 0 Å². The third-order valence-electron chi connectivity index (χ3n) is 0.781. The molecule has 0 amide bonds. The van der Waals surface area contributed by atoms with Crippen LogP contribution in [0.4, 0.5) is 0 Å². The second kappa shape index (κ2) is 10.9. The smallest absolute Gasteiger partial charge is 0.303 e. The average Bonchev–Trinajstić information content (AvgIpc) is 1.63. The molecule has 0 unspecified atom stereocenters. The van der Waals surface area contributed by atoms with E-state index in [1.807, 2.05) is 0 Å². The molecule has 2 N–H and O–H groups in total. The normalized spacial score (nSPS) is 7.27. The summed E-state index contributed by atoms with van der Waals surface area (Å²) in [5, 5.41) is 16.1. The van der Waals surface area contributed by atoms with Crippen LogP contribution in [0.25, 0.3) is 0 Å². The van der Waals surface area contributed by atoms with Crippen LogP contribution in [0, 0.1) is 0 Å². The van der Waals surface area contributed by atoms with Gasteiger partial charge in [0.25, 0.3) is 0 Å². The molecule has 0 aromatic rings. The van der Waals surface area contributed by atoms with Crippen molar-refractivity contribution in [2.75, 3.05) is 0 Å². The Morgan fingerprint density at radius 1 is 0.909 bits per heavy atom. The number of carbonyl (C=O) groups is 2. The molecule has 0 rings (SSSR count). The van der Waals surface area contributed by atoms with Crippen molar-refractivity contribution in [3.05, 3.63) is 0 Å². The van der Waals surface area contributed by atoms with Crippen molar-refractivity contribution in [1.82, 2.24) is 0 Å². The topological polar surface area (TPSA) is 74.6 Å². The molecule has 0 aromatic carbocycles. The van der Waals surface area contributed by atoms with E-state index in [0.717, 1.165) is 0 Å². The Bertz CT molecular complexity index is 112. The standard InChI is InChI=1S/C5H8O4.2Na/c6-4(7)2-1-3-5(8)9;;/h1-3H2,(H,6,7)(H,8,9);;. The summed E-state index contributed by atoms with van der Waals surface area (Å²) in [6, 6.07) is 0. The van der Waals surface area contributed by atoms with Crippen molar-refractivity contribution in [2.45, 2.75) is 19.3 Å². The van der Waals surface area contributed by atoms with Gasteiger partial charge in [-0.05, 0) is 6.42 Å². The summed E-state index contributed by atoms with van der Waals surface area (Å²) in [5.41, 5.74) is 0. The molecule has 54 valence electrons. The summed E-state index contributed by atoms with van der Waals surface area (Å²) in [7, 11) is 0. The van der Waals surface area contributed by atoms with Gasteiger partial charge in [0.15, 0.2) is 0 Å². The molecule has 0 saturated heterocycles. The van der Waals surface area contributed by atoms with Crippen molar-refractivity contribution in [3.8, 4) is 0 Å². The van der Waals surface area contributed by atoms with E-state index in [4.69, 9.17) is 10.2 Å². The number of hydrogen-bond acceptors (Lipinski definition) is 2. The van der Waals surface area contributed by atoms with Crippen LogP contribution < -0.4 is 0 Å². The zero-order valence-electron chi connectivity index (χ0n) is 6.83. The Morgan fingerprint density at radius 3 is 1.36 bits per heavy atom. The predicted octanol–water partition coefficient (Wildman–Crippen LogP) is -0.436. The van der Waals surface area contributed by atoms with Gasteiger partial charge in [-0.15, -0.1) is 0 Å². The first-order valence-corrected chi connectivity index (χ1v) is 2.56. The number of aliphatic carboxylic acids is 2. The number of carboxylic acid groups (broad SMARTS) is 2. The van der Waals surface area contributed by atoms with Crippen LogP contribution >= 0.6 is 0 Å². The minimum Gasteiger partial charge on any atom is -0.481 e. The molecule has 0 fully saturated rings. The molecule has 0 atom stereocenters. The maximum atomic E-state index is 9.79. The molecule has 0 saturated carbocycles. The van der Waals surface area contributed by atoms with Gasteiger partial charge < -0.3 is 10.2 Å². The summed E-state index contributed by atoms with van der Waals surface area (Å²) in [4.78, 5) is 19.6. The van der Waals surface area contributed by atoms with Crippen molar-refractivity contribution in [2.24, 2.45) is 0 Å². The fourth-order valence-electron chi connectivity index (χ4n) is 0.391. The Hall–Kier alpha value is 0.940. The molecule has 4 nitrogen and oxygen atoms in total. The first kappa shape index (κ1) is 17.9. The molecule has 0 aliphatic rings. The molecule has 0 aliphatic carbocycles. The Morgan fingerprint density at radius 2 is 1.18 bits per heavy atom. The van der Waals surface area contributed by atoms with Gasteiger partial charge in [-0.3, -0.25) is 9.59 Å². The Labute approximate surface area is 109 Å². The first-order chi connectivity index (χ1) is 4.13. The number of rotatable bonds is 4. The molecule has 0 aromatic heterocycles. The number of carboxylic acids is 2. The van der Waals surface area contributed by atoms with Crippen molar-refractivity contribution >= 4 is 71.1 Å².